The average molecular weight is 159 g/mol. The molecule has 12 heavy (non-hydrogen) atoms. The molecule has 1 heteroatoms. The molecule has 1 N–H and O–H groups in total. The first-order chi connectivity index (χ1) is 5.79. The first-order valence-electron chi connectivity index (χ1n) is 4.30. The molecule has 62 valence electrons. The van der Waals surface area contributed by atoms with Gasteiger partial charge < -0.3 is 5.32 Å². The third-order valence-electron chi connectivity index (χ3n) is 2.45. The van der Waals surface area contributed by atoms with Crippen LogP contribution in [0.25, 0.3) is 5.70 Å². The molecule has 1 aromatic rings. The number of benzene rings is 1. The molecule has 0 spiro atoms. The summed E-state index contributed by atoms with van der Waals surface area (Å²) in [5.41, 5.74) is 5.21. The second kappa shape index (κ2) is 2.67. The summed E-state index contributed by atoms with van der Waals surface area (Å²) in [6.07, 6.45) is 1.13. The van der Waals surface area contributed by atoms with Crippen molar-refractivity contribution in [2.45, 2.75) is 13.3 Å². The van der Waals surface area contributed by atoms with Gasteiger partial charge in [0, 0.05) is 17.8 Å². The van der Waals surface area contributed by atoms with E-state index in [0.29, 0.717) is 0 Å². The van der Waals surface area contributed by atoms with Gasteiger partial charge >= 0.3 is 0 Å². The summed E-state index contributed by atoms with van der Waals surface area (Å²) in [6, 6.07) is 6.39. The minimum Gasteiger partial charge on any atom is -0.385 e. The molecular formula is C11H13N. The van der Waals surface area contributed by atoms with E-state index in [2.05, 4.69) is 37.0 Å². The average Bonchev–Trinajstić information content (AvgIpc) is 2.07. The van der Waals surface area contributed by atoms with E-state index in [-0.39, 0.29) is 0 Å². The maximum atomic E-state index is 3.99. The lowest BCUT2D eigenvalue weighted by Crippen LogP contribution is -2.22. The Morgan fingerprint density at radius 1 is 1.42 bits per heavy atom. The van der Waals surface area contributed by atoms with Gasteiger partial charge in [-0.1, -0.05) is 24.8 Å². The van der Waals surface area contributed by atoms with Crippen molar-refractivity contribution in [1.82, 2.24) is 5.32 Å². The predicted molar refractivity (Wildman–Crippen MR) is 51.9 cm³/mol. The van der Waals surface area contributed by atoms with Crippen molar-refractivity contribution in [2.75, 3.05) is 6.54 Å². The molecule has 0 amide bonds. The summed E-state index contributed by atoms with van der Waals surface area (Å²) in [6.45, 7) is 7.17. The van der Waals surface area contributed by atoms with E-state index in [1.54, 1.807) is 0 Å². The Morgan fingerprint density at radius 3 is 3.00 bits per heavy atom. The van der Waals surface area contributed by atoms with Gasteiger partial charge in [-0.25, -0.2) is 0 Å². The Bertz CT molecular complexity index is 326. The van der Waals surface area contributed by atoms with Crippen LogP contribution in [-0.2, 0) is 6.42 Å². The van der Waals surface area contributed by atoms with E-state index < -0.39 is 0 Å². The van der Waals surface area contributed by atoms with Crippen LogP contribution in [0.4, 0.5) is 0 Å². The van der Waals surface area contributed by atoms with Crippen molar-refractivity contribution in [3.63, 3.8) is 0 Å². The van der Waals surface area contributed by atoms with Crippen LogP contribution in [0.2, 0.25) is 0 Å². The van der Waals surface area contributed by atoms with E-state index >= 15 is 0 Å². The molecule has 1 aliphatic heterocycles. The highest BCUT2D eigenvalue weighted by Gasteiger charge is 2.12. The lowest BCUT2D eigenvalue weighted by molar-refractivity contribution is 0.810. The number of rotatable bonds is 0. The maximum absolute atomic E-state index is 3.99. The molecule has 1 nitrogen and oxygen atoms in total. The van der Waals surface area contributed by atoms with Gasteiger partial charge in [-0.15, -0.1) is 0 Å². The van der Waals surface area contributed by atoms with Crippen LogP contribution in [0.5, 0.6) is 0 Å². The number of nitrogens with one attached hydrogen (secondary N) is 1. The van der Waals surface area contributed by atoms with Crippen LogP contribution in [-0.4, -0.2) is 6.54 Å². The van der Waals surface area contributed by atoms with Crippen LogP contribution in [0.3, 0.4) is 0 Å². The van der Waals surface area contributed by atoms with Gasteiger partial charge in [0.1, 0.15) is 0 Å². The minimum atomic E-state index is 1.02. The molecule has 0 saturated carbocycles. The number of hydrogen-bond donors (Lipinski definition) is 1. The summed E-state index contributed by atoms with van der Waals surface area (Å²) in [4.78, 5) is 0. The van der Waals surface area contributed by atoms with Crippen LogP contribution < -0.4 is 5.32 Å². The molecule has 0 atom stereocenters. The van der Waals surface area contributed by atoms with Gasteiger partial charge in [-0.3, -0.25) is 0 Å². The number of fused-ring (bicyclic) bond motifs is 1. The fourth-order valence-electron chi connectivity index (χ4n) is 1.75. The summed E-state index contributed by atoms with van der Waals surface area (Å²) in [5.74, 6) is 0. The van der Waals surface area contributed by atoms with Crippen LogP contribution in [0.1, 0.15) is 16.7 Å². The third kappa shape index (κ3) is 1.02. The fourth-order valence-corrected chi connectivity index (χ4v) is 1.75. The molecule has 0 fully saturated rings. The Balaban J connectivity index is 2.59. The topological polar surface area (TPSA) is 12.0 Å². The lowest BCUT2D eigenvalue weighted by atomic mass is 9.95. The standard InChI is InChI=1S/C11H13N/c1-8-4-3-5-11-9(2)12-7-6-10(8)11/h3-5,12H,2,6-7H2,1H3. The highest BCUT2D eigenvalue weighted by molar-refractivity contribution is 5.67. The summed E-state index contributed by atoms with van der Waals surface area (Å²) < 4.78 is 0. The minimum absolute atomic E-state index is 1.02. The van der Waals surface area contributed by atoms with Gasteiger partial charge in [0.15, 0.2) is 0 Å². The Labute approximate surface area is 73.1 Å². The Morgan fingerprint density at radius 2 is 2.25 bits per heavy atom. The molecule has 0 aromatic heterocycles. The summed E-state index contributed by atoms with van der Waals surface area (Å²) >= 11 is 0. The van der Waals surface area contributed by atoms with E-state index in [1.165, 1.54) is 16.7 Å². The van der Waals surface area contributed by atoms with Gasteiger partial charge in [0.2, 0.25) is 0 Å². The Hall–Kier alpha value is -1.24. The van der Waals surface area contributed by atoms with Crippen molar-refractivity contribution in [1.29, 1.82) is 0 Å². The first kappa shape index (κ1) is 7.41. The normalized spacial score (nSPS) is 15.2. The van der Waals surface area contributed by atoms with Crippen molar-refractivity contribution in [3.05, 3.63) is 41.5 Å². The summed E-state index contributed by atoms with van der Waals surface area (Å²) in [5, 5.41) is 3.27. The van der Waals surface area contributed by atoms with Crippen LogP contribution >= 0.6 is 0 Å². The molecular weight excluding hydrogens is 146 g/mol. The number of hydrogen-bond acceptors (Lipinski definition) is 1. The van der Waals surface area contributed by atoms with Crippen molar-refractivity contribution < 1.29 is 0 Å². The molecule has 0 aliphatic carbocycles. The number of aryl methyl sites for hydroxylation is 1. The third-order valence-corrected chi connectivity index (χ3v) is 2.45. The zero-order valence-corrected chi connectivity index (χ0v) is 7.35. The summed E-state index contributed by atoms with van der Waals surface area (Å²) in [7, 11) is 0. The molecule has 1 aliphatic rings. The highest BCUT2D eigenvalue weighted by atomic mass is 14.9. The lowest BCUT2D eigenvalue weighted by Gasteiger charge is -2.21. The zero-order valence-electron chi connectivity index (χ0n) is 7.35. The molecule has 0 radical (unpaired) electrons. The highest BCUT2D eigenvalue weighted by Crippen LogP contribution is 2.22. The molecule has 2 rings (SSSR count). The molecule has 1 heterocycles. The van der Waals surface area contributed by atoms with Crippen molar-refractivity contribution in [2.24, 2.45) is 0 Å². The monoisotopic (exact) mass is 159 g/mol. The second-order valence-corrected chi connectivity index (χ2v) is 3.26. The molecule has 0 saturated heterocycles. The smallest absolute Gasteiger partial charge is 0.0343 e. The van der Waals surface area contributed by atoms with E-state index in [9.17, 15) is 0 Å². The van der Waals surface area contributed by atoms with E-state index in [1.807, 2.05) is 0 Å². The van der Waals surface area contributed by atoms with E-state index in [4.69, 9.17) is 0 Å². The van der Waals surface area contributed by atoms with Crippen LogP contribution in [0, 0.1) is 6.92 Å². The fraction of sp³-hybridized carbons (Fsp3) is 0.273. The van der Waals surface area contributed by atoms with E-state index in [0.717, 1.165) is 18.7 Å². The quantitative estimate of drug-likeness (QED) is 0.611. The van der Waals surface area contributed by atoms with Gasteiger partial charge in [-0.05, 0) is 24.5 Å². The Kier molecular flexibility index (Phi) is 1.65. The van der Waals surface area contributed by atoms with Crippen LogP contribution in [0.15, 0.2) is 24.8 Å². The largest absolute Gasteiger partial charge is 0.385 e. The molecule has 0 bridgehead atoms. The van der Waals surface area contributed by atoms with Gasteiger partial charge in [0.25, 0.3) is 0 Å². The van der Waals surface area contributed by atoms with Crippen molar-refractivity contribution in [3.8, 4) is 0 Å². The SMILES string of the molecule is C=C1NCCc2c(C)cccc21. The zero-order chi connectivity index (χ0) is 8.55. The predicted octanol–water partition coefficient (Wildman–Crippen LogP) is 2.11. The molecule has 0 unspecified atom stereocenters. The maximum Gasteiger partial charge on any atom is 0.0343 e. The van der Waals surface area contributed by atoms with Crippen molar-refractivity contribution >= 4 is 5.70 Å². The second-order valence-electron chi connectivity index (χ2n) is 3.26. The molecule has 1 aromatic carbocycles. The van der Waals surface area contributed by atoms with Gasteiger partial charge in [0.05, 0.1) is 0 Å². The first-order valence-corrected chi connectivity index (χ1v) is 4.30. The van der Waals surface area contributed by atoms with Gasteiger partial charge in [-0.2, -0.15) is 0 Å².